The summed E-state index contributed by atoms with van der Waals surface area (Å²) in [5.41, 5.74) is 0.555. The lowest BCUT2D eigenvalue weighted by molar-refractivity contribution is -0.127. The quantitative estimate of drug-likeness (QED) is 0.842. The number of carbonyl (C=O) groups is 1. The van der Waals surface area contributed by atoms with Crippen molar-refractivity contribution >= 4 is 17.4 Å². The van der Waals surface area contributed by atoms with Gasteiger partial charge >= 0.3 is 0 Å². The van der Waals surface area contributed by atoms with Crippen LogP contribution >= 0.6 is 0 Å². The van der Waals surface area contributed by atoms with E-state index in [2.05, 4.69) is 36.1 Å². The molecule has 2 aromatic rings. The van der Waals surface area contributed by atoms with E-state index in [0.29, 0.717) is 11.5 Å². The van der Waals surface area contributed by atoms with Crippen LogP contribution in [0.1, 0.15) is 26.6 Å². The van der Waals surface area contributed by atoms with Crippen LogP contribution in [0.15, 0.2) is 12.1 Å². The minimum absolute atomic E-state index is 0.0270. The topological polar surface area (TPSA) is 66.6 Å². The summed E-state index contributed by atoms with van der Waals surface area (Å²) in [7, 11) is 5.32. The summed E-state index contributed by atoms with van der Waals surface area (Å²) >= 11 is 0. The molecule has 114 valence electrons. The van der Waals surface area contributed by atoms with Crippen LogP contribution in [0.5, 0.6) is 0 Å². The van der Waals surface area contributed by atoms with Crippen molar-refractivity contribution in [2.45, 2.75) is 26.2 Å². The molecule has 2 rings (SSSR count). The highest BCUT2D eigenvalue weighted by Gasteiger charge is 2.22. The van der Waals surface area contributed by atoms with Gasteiger partial charge in [0.25, 0.3) is 0 Å². The van der Waals surface area contributed by atoms with E-state index in [1.807, 2.05) is 24.1 Å². The zero-order chi connectivity index (χ0) is 15.8. The number of rotatable bonds is 3. The number of fused-ring (bicyclic) bond motifs is 1. The summed E-state index contributed by atoms with van der Waals surface area (Å²) < 4.78 is 1.74. The first-order valence-corrected chi connectivity index (χ1v) is 6.84. The van der Waals surface area contributed by atoms with Gasteiger partial charge in [-0.15, -0.1) is 15.3 Å². The van der Waals surface area contributed by atoms with Crippen LogP contribution in [-0.4, -0.2) is 58.3 Å². The Morgan fingerprint density at radius 3 is 2.43 bits per heavy atom. The van der Waals surface area contributed by atoms with Gasteiger partial charge in [0.1, 0.15) is 5.82 Å². The Kier molecular flexibility index (Phi) is 3.85. The Morgan fingerprint density at radius 1 is 1.19 bits per heavy atom. The summed E-state index contributed by atoms with van der Waals surface area (Å²) in [5.74, 6) is 1.54. The van der Waals surface area contributed by atoms with Crippen molar-refractivity contribution in [2.24, 2.45) is 0 Å². The maximum atomic E-state index is 11.8. The van der Waals surface area contributed by atoms with Crippen molar-refractivity contribution in [1.29, 1.82) is 0 Å². The lowest BCUT2D eigenvalue weighted by Gasteiger charge is -2.20. The van der Waals surface area contributed by atoms with Gasteiger partial charge in [-0.3, -0.25) is 4.79 Å². The van der Waals surface area contributed by atoms with Gasteiger partial charge < -0.3 is 9.80 Å². The molecular weight excluding hydrogens is 268 g/mol. The summed E-state index contributed by atoms with van der Waals surface area (Å²) in [6.45, 7) is 6.48. The number of anilines is 1. The van der Waals surface area contributed by atoms with Crippen LogP contribution in [0.4, 0.5) is 5.82 Å². The van der Waals surface area contributed by atoms with Gasteiger partial charge in [-0.05, 0) is 12.1 Å². The predicted octanol–water partition coefficient (Wildman–Crippen LogP) is 0.946. The average Bonchev–Trinajstić information content (AvgIpc) is 2.80. The fraction of sp³-hybridized carbons (Fsp3) is 0.571. The van der Waals surface area contributed by atoms with Gasteiger partial charge in [0, 0.05) is 26.6 Å². The smallest absolute Gasteiger partial charge is 0.241 e. The molecule has 1 amide bonds. The van der Waals surface area contributed by atoms with Gasteiger partial charge in [0.15, 0.2) is 11.5 Å². The Labute approximate surface area is 124 Å². The molecule has 2 heterocycles. The molecule has 7 nitrogen and oxygen atoms in total. The fourth-order valence-electron chi connectivity index (χ4n) is 1.88. The second-order valence-electron chi connectivity index (χ2n) is 6.38. The molecule has 0 saturated carbocycles. The minimum Gasteiger partial charge on any atom is -0.349 e. The van der Waals surface area contributed by atoms with E-state index < -0.39 is 0 Å². The molecule has 0 bridgehead atoms. The number of likely N-dealkylation sites (N-methyl/N-ethyl adjacent to an activating group) is 2. The highest BCUT2D eigenvalue weighted by Crippen LogP contribution is 2.21. The summed E-state index contributed by atoms with van der Waals surface area (Å²) in [4.78, 5) is 15.2. The van der Waals surface area contributed by atoms with Crippen molar-refractivity contribution in [3.05, 3.63) is 18.0 Å². The third-order valence-electron chi connectivity index (χ3n) is 3.18. The summed E-state index contributed by atoms with van der Waals surface area (Å²) in [6.07, 6.45) is 0. The molecule has 0 fully saturated rings. The van der Waals surface area contributed by atoms with Crippen LogP contribution in [0.2, 0.25) is 0 Å². The van der Waals surface area contributed by atoms with Crippen LogP contribution in [0.3, 0.4) is 0 Å². The van der Waals surface area contributed by atoms with E-state index in [-0.39, 0.29) is 17.9 Å². The maximum Gasteiger partial charge on any atom is 0.241 e. The lowest BCUT2D eigenvalue weighted by atomic mass is 9.96. The molecule has 0 N–H and O–H groups in total. The standard InChI is InChI=1S/C14H22N6O/c1-14(2,3)13-16-15-10-7-8-11(17-20(10)13)19(6)9-12(21)18(4)5/h7-8H,9H2,1-6H3. The Hall–Kier alpha value is -2.18. The SMILES string of the molecule is CN(C)C(=O)CN(C)c1ccc2nnc(C(C)(C)C)n2n1. The molecule has 0 radical (unpaired) electrons. The van der Waals surface area contributed by atoms with Gasteiger partial charge in [0.05, 0.1) is 6.54 Å². The Balaban J connectivity index is 2.36. The number of hydrogen-bond donors (Lipinski definition) is 0. The third-order valence-corrected chi connectivity index (χ3v) is 3.18. The number of nitrogens with zero attached hydrogens (tertiary/aromatic N) is 6. The molecule has 0 spiro atoms. The third kappa shape index (κ3) is 3.12. The summed E-state index contributed by atoms with van der Waals surface area (Å²) in [5, 5.41) is 12.9. The maximum absolute atomic E-state index is 11.8. The number of carbonyl (C=O) groups excluding carboxylic acids is 1. The number of amides is 1. The van der Waals surface area contributed by atoms with E-state index in [9.17, 15) is 4.79 Å². The largest absolute Gasteiger partial charge is 0.349 e. The fourth-order valence-corrected chi connectivity index (χ4v) is 1.88. The van der Waals surface area contributed by atoms with Crippen LogP contribution in [-0.2, 0) is 10.2 Å². The molecular formula is C14H22N6O. The molecule has 0 aromatic carbocycles. The van der Waals surface area contributed by atoms with Gasteiger partial charge in [0.2, 0.25) is 5.91 Å². The summed E-state index contributed by atoms with van der Waals surface area (Å²) in [6, 6.07) is 3.71. The van der Waals surface area contributed by atoms with Crippen LogP contribution in [0.25, 0.3) is 5.65 Å². The molecule has 0 aliphatic heterocycles. The van der Waals surface area contributed by atoms with Gasteiger partial charge in [-0.2, -0.15) is 4.52 Å². The highest BCUT2D eigenvalue weighted by atomic mass is 16.2. The van der Waals surface area contributed by atoms with Gasteiger partial charge in [-0.1, -0.05) is 20.8 Å². The first-order valence-electron chi connectivity index (χ1n) is 6.84. The van der Waals surface area contributed by atoms with Crippen molar-refractivity contribution in [2.75, 3.05) is 32.6 Å². The number of aromatic nitrogens is 4. The predicted molar refractivity (Wildman–Crippen MR) is 81.4 cm³/mol. The zero-order valence-corrected chi connectivity index (χ0v) is 13.5. The molecule has 0 atom stereocenters. The lowest BCUT2D eigenvalue weighted by Crippen LogP contribution is -2.35. The van der Waals surface area contributed by atoms with E-state index in [4.69, 9.17) is 0 Å². The van der Waals surface area contributed by atoms with Gasteiger partial charge in [-0.25, -0.2) is 0 Å². The second kappa shape index (κ2) is 5.31. The minimum atomic E-state index is -0.150. The molecule has 7 heteroatoms. The zero-order valence-electron chi connectivity index (χ0n) is 13.5. The first-order chi connectivity index (χ1) is 9.70. The second-order valence-corrected chi connectivity index (χ2v) is 6.38. The van der Waals surface area contributed by atoms with Crippen LogP contribution in [0, 0.1) is 0 Å². The first kappa shape index (κ1) is 15.2. The van der Waals surface area contributed by atoms with E-state index in [0.717, 1.165) is 5.82 Å². The highest BCUT2D eigenvalue weighted by molar-refractivity contribution is 5.80. The molecule has 0 aliphatic rings. The Morgan fingerprint density at radius 2 is 1.86 bits per heavy atom. The normalized spacial score (nSPS) is 11.7. The average molecular weight is 290 g/mol. The van der Waals surface area contributed by atoms with Crippen molar-refractivity contribution in [3.63, 3.8) is 0 Å². The van der Waals surface area contributed by atoms with E-state index in [1.54, 1.807) is 23.5 Å². The molecule has 0 unspecified atom stereocenters. The van der Waals surface area contributed by atoms with Crippen molar-refractivity contribution in [3.8, 4) is 0 Å². The van der Waals surface area contributed by atoms with Crippen LogP contribution < -0.4 is 4.90 Å². The number of hydrogen-bond acceptors (Lipinski definition) is 5. The van der Waals surface area contributed by atoms with Crippen molar-refractivity contribution < 1.29 is 4.79 Å². The Bertz CT molecular complexity index is 655. The molecule has 2 aromatic heterocycles. The van der Waals surface area contributed by atoms with E-state index in [1.165, 1.54) is 0 Å². The van der Waals surface area contributed by atoms with Crippen molar-refractivity contribution in [1.82, 2.24) is 24.7 Å². The molecule has 0 saturated heterocycles. The van der Waals surface area contributed by atoms with E-state index >= 15 is 0 Å². The monoisotopic (exact) mass is 290 g/mol. The molecule has 21 heavy (non-hydrogen) atoms. The molecule has 0 aliphatic carbocycles.